The molecule has 2 aliphatic rings. The van der Waals surface area contributed by atoms with E-state index in [1.54, 1.807) is 18.2 Å². The number of benzene rings is 1. The van der Waals surface area contributed by atoms with Gasteiger partial charge in [0.25, 0.3) is 11.8 Å². The van der Waals surface area contributed by atoms with E-state index in [4.69, 9.17) is 4.74 Å². The molecule has 0 bridgehead atoms. The summed E-state index contributed by atoms with van der Waals surface area (Å²) in [5.41, 5.74) is 2.40. The fraction of sp³-hybridized carbons (Fsp3) is 0.235. The third kappa shape index (κ3) is 2.27. The molecule has 0 atom stereocenters. The lowest BCUT2D eigenvalue weighted by molar-refractivity contribution is 0.0926. The Morgan fingerprint density at radius 2 is 1.52 bits per heavy atom. The summed E-state index contributed by atoms with van der Waals surface area (Å²) in [6.45, 7) is 3.12. The molecule has 2 amide bonds. The Morgan fingerprint density at radius 3 is 2.22 bits per heavy atom. The molecule has 116 valence electrons. The van der Waals surface area contributed by atoms with Gasteiger partial charge in [0.1, 0.15) is 0 Å². The van der Waals surface area contributed by atoms with Gasteiger partial charge in [-0.05, 0) is 30.3 Å². The maximum Gasteiger partial charge on any atom is 0.267 e. The highest BCUT2D eigenvalue weighted by Crippen LogP contribution is 2.29. The number of anilines is 2. The number of carbonyl (C=O) groups excluding carboxylic acids is 2. The van der Waals surface area contributed by atoms with Crippen molar-refractivity contribution in [1.29, 1.82) is 0 Å². The van der Waals surface area contributed by atoms with Gasteiger partial charge in [-0.25, -0.2) is 4.90 Å². The quantitative estimate of drug-likeness (QED) is 0.790. The van der Waals surface area contributed by atoms with E-state index in [9.17, 15) is 9.59 Å². The summed E-state index contributed by atoms with van der Waals surface area (Å²) in [4.78, 5) is 32.2. The minimum Gasteiger partial charge on any atom is -0.378 e. The SMILES string of the molecule is O=C1c2ccncc2C(=O)N1c1ccc(N2CCOCC2)cc1. The Bertz CT molecular complexity index is 732. The summed E-state index contributed by atoms with van der Waals surface area (Å²) in [5.74, 6) is -0.622. The van der Waals surface area contributed by atoms with Crippen LogP contribution in [-0.4, -0.2) is 43.1 Å². The average Bonchev–Trinajstić information content (AvgIpc) is 2.87. The second-order valence-electron chi connectivity index (χ2n) is 5.48. The van der Waals surface area contributed by atoms with E-state index in [1.165, 1.54) is 17.3 Å². The molecule has 23 heavy (non-hydrogen) atoms. The standard InChI is InChI=1S/C17H15N3O3/c21-16-14-5-6-18-11-15(14)17(22)20(16)13-3-1-12(2-4-13)19-7-9-23-10-8-19/h1-6,11H,7-10H2. The molecule has 2 aromatic rings. The van der Waals surface area contributed by atoms with Crippen molar-refractivity contribution in [2.75, 3.05) is 36.1 Å². The fourth-order valence-electron chi connectivity index (χ4n) is 2.95. The van der Waals surface area contributed by atoms with Gasteiger partial charge in [-0.3, -0.25) is 14.6 Å². The van der Waals surface area contributed by atoms with Gasteiger partial charge in [-0.1, -0.05) is 0 Å². The largest absolute Gasteiger partial charge is 0.378 e. The molecule has 0 unspecified atom stereocenters. The lowest BCUT2D eigenvalue weighted by Crippen LogP contribution is -2.36. The van der Waals surface area contributed by atoms with Crippen LogP contribution in [0, 0.1) is 0 Å². The van der Waals surface area contributed by atoms with E-state index in [0.717, 1.165) is 18.8 Å². The number of carbonyl (C=O) groups is 2. The number of fused-ring (bicyclic) bond motifs is 1. The van der Waals surface area contributed by atoms with Crippen LogP contribution in [0.2, 0.25) is 0 Å². The van der Waals surface area contributed by atoms with Gasteiger partial charge in [0.2, 0.25) is 0 Å². The van der Waals surface area contributed by atoms with Crippen molar-refractivity contribution in [1.82, 2.24) is 4.98 Å². The Balaban J connectivity index is 1.62. The number of imide groups is 1. The van der Waals surface area contributed by atoms with Crippen LogP contribution in [-0.2, 0) is 4.74 Å². The first kappa shape index (κ1) is 13.9. The Kier molecular flexibility index (Phi) is 3.31. The van der Waals surface area contributed by atoms with Crippen molar-refractivity contribution >= 4 is 23.2 Å². The maximum absolute atomic E-state index is 12.4. The molecule has 0 aliphatic carbocycles. The molecule has 0 radical (unpaired) electrons. The number of nitrogens with zero attached hydrogens (tertiary/aromatic N) is 3. The fourth-order valence-corrected chi connectivity index (χ4v) is 2.95. The smallest absolute Gasteiger partial charge is 0.267 e. The van der Waals surface area contributed by atoms with Crippen molar-refractivity contribution in [3.05, 3.63) is 53.9 Å². The molecule has 1 aromatic heterocycles. The highest BCUT2D eigenvalue weighted by atomic mass is 16.5. The van der Waals surface area contributed by atoms with Gasteiger partial charge in [0, 0.05) is 31.2 Å². The van der Waals surface area contributed by atoms with Crippen LogP contribution >= 0.6 is 0 Å². The lowest BCUT2D eigenvalue weighted by atomic mass is 10.2. The Morgan fingerprint density at radius 1 is 0.870 bits per heavy atom. The van der Waals surface area contributed by atoms with Crippen LogP contribution in [0.4, 0.5) is 11.4 Å². The average molecular weight is 309 g/mol. The van der Waals surface area contributed by atoms with Gasteiger partial charge in [-0.2, -0.15) is 0 Å². The van der Waals surface area contributed by atoms with E-state index < -0.39 is 0 Å². The van der Waals surface area contributed by atoms with Crippen LogP contribution in [0.15, 0.2) is 42.7 Å². The van der Waals surface area contributed by atoms with Crippen LogP contribution in [0.3, 0.4) is 0 Å². The van der Waals surface area contributed by atoms with Gasteiger partial charge in [0.05, 0.1) is 30.0 Å². The summed E-state index contributed by atoms with van der Waals surface area (Å²) >= 11 is 0. The topological polar surface area (TPSA) is 62.7 Å². The summed E-state index contributed by atoms with van der Waals surface area (Å²) in [6, 6.07) is 9.06. The number of hydrogen-bond donors (Lipinski definition) is 0. The van der Waals surface area contributed by atoms with Crippen molar-refractivity contribution in [3.63, 3.8) is 0 Å². The van der Waals surface area contributed by atoms with E-state index in [2.05, 4.69) is 9.88 Å². The van der Waals surface area contributed by atoms with Crippen molar-refractivity contribution in [2.45, 2.75) is 0 Å². The highest BCUT2D eigenvalue weighted by molar-refractivity contribution is 6.34. The molecular weight excluding hydrogens is 294 g/mol. The molecule has 3 heterocycles. The third-order valence-corrected chi connectivity index (χ3v) is 4.17. The predicted molar refractivity (Wildman–Crippen MR) is 84.9 cm³/mol. The molecule has 2 aliphatic heterocycles. The molecule has 1 aromatic carbocycles. The van der Waals surface area contributed by atoms with E-state index in [1.807, 2.05) is 12.1 Å². The lowest BCUT2D eigenvalue weighted by Gasteiger charge is -2.29. The van der Waals surface area contributed by atoms with Gasteiger partial charge in [0.15, 0.2) is 0 Å². The number of ether oxygens (including phenoxy) is 1. The minimum atomic E-state index is -0.322. The summed E-state index contributed by atoms with van der Waals surface area (Å²) in [5, 5.41) is 0. The van der Waals surface area contributed by atoms with E-state index in [-0.39, 0.29) is 11.8 Å². The first-order valence-electron chi connectivity index (χ1n) is 7.51. The zero-order chi connectivity index (χ0) is 15.8. The highest BCUT2D eigenvalue weighted by Gasteiger charge is 2.36. The van der Waals surface area contributed by atoms with Crippen molar-refractivity contribution in [2.24, 2.45) is 0 Å². The number of aromatic nitrogens is 1. The first-order chi connectivity index (χ1) is 11.3. The number of pyridine rings is 1. The second-order valence-corrected chi connectivity index (χ2v) is 5.48. The van der Waals surface area contributed by atoms with Crippen molar-refractivity contribution < 1.29 is 14.3 Å². The number of amides is 2. The summed E-state index contributed by atoms with van der Waals surface area (Å²) in [6.07, 6.45) is 2.96. The zero-order valence-corrected chi connectivity index (χ0v) is 12.4. The molecule has 0 N–H and O–H groups in total. The van der Waals surface area contributed by atoms with Crippen LogP contribution in [0.5, 0.6) is 0 Å². The minimum absolute atomic E-state index is 0.300. The van der Waals surface area contributed by atoms with Crippen molar-refractivity contribution in [3.8, 4) is 0 Å². The van der Waals surface area contributed by atoms with Crippen LogP contribution < -0.4 is 9.80 Å². The summed E-state index contributed by atoms with van der Waals surface area (Å²) < 4.78 is 5.35. The number of hydrogen-bond acceptors (Lipinski definition) is 5. The van der Waals surface area contributed by atoms with Gasteiger partial charge >= 0.3 is 0 Å². The molecule has 1 fully saturated rings. The number of rotatable bonds is 2. The monoisotopic (exact) mass is 309 g/mol. The zero-order valence-electron chi connectivity index (χ0n) is 12.4. The Hall–Kier alpha value is -2.73. The predicted octanol–water partition coefficient (Wildman–Crippen LogP) is 1.72. The molecular formula is C17H15N3O3. The number of morpholine rings is 1. The molecule has 1 saturated heterocycles. The van der Waals surface area contributed by atoms with E-state index in [0.29, 0.717) is 30.0 Å². The van der Waals surface area contributed by atoms with Gasteiger partial charge < -0.3 is 9.64 Å². The summed E-state index contributed by atoms with van der Waals surface area (Å²) in [7, 11) is 0. The molecule has 6 heteroatoms. The maximum atomic E-state index is 12.4. The second kappa shape index (κ2) is 5.48. The molecule has 6 nitrogen and oxygen atoms in total. The third-order valence-electron chi connectivity index (χ3n) is 4.17. The first-order valence-corrected chi connectivity index (χ1v) is 7.51. The van der Waals surface area contributed by atoms with Gasteiger partial charge in [-0.15, -0.1) is 0 Å². The van der Waals surface area contributed by atoms with E-state index >= 15 is 0 Å². The van der Waals surface area contributed by atoms with Crippen LogP contribution in [0.1, 0.15) is 20.7 Å². The normalized spacial score (nSPS) is 17.6. The Labute approximate surface area is 133 Å². The molecule has 0 saturated carbocycles. The molecule has 4 rings (SSSR count). The van der Waals surface area contributed by atoms with Crippen LogP contribution in [0.25, 0.3) is 0 Å². The molecule has 0 spiro atoms.